The predicted molar refractivity (Wildman–Crippen MR) is 110 cm³/mol. The Bertz CT molecular complexity index is 704. The molecule has 0 atom stereocenters. The number of thiazole rings is 1. The van der Waals surface area contributed by atoms with E-state index in [1.165, 1.54) is 11.3 Å². The maximum Gasteiger partial charge on any atom is 0.263 e. The standard InChI is InChI=1S/C17H20ClN3O2S.2ClH/c1-11-16(17(22)21-13-6-8-19-9-7-13)24-15(20-11)10-23-14-4-2-12(18)3-5-14;;/h2-5,13,19H,6-10H2,1H3,(H,21,22);2*1H. The third kappa shape index (κ3) is 6.28. The number of ether oxygens (including phenoxy) is 1. The van der Waals surface area contributed by atoms with Crippen molar-refractivity contribution < 1.29 is 9.53 Å². The number of carbonyl (C=O) groups is 1. The number of carbonyl (C=O) groups excluding carboxylic acids is 1. The fourth-order valence-electron chi connectivity index (χ4n) is 2.62. The molecule has 2 aromatic rings. The molecular weight excluding hydrogens is 417 g/mol. The molecule has 3 rings (SSSR count). The zero-order chi connectivity index (χ0) is 16.9. The molecule has 1 amide bonds. The number of halogens is 3. The van der Waals surface area contributed by atoms with E-state index in [0.717, 1.165) is 42.4 Å². The molecule has 2 heterocycles. The number of nitrogens with one attached hydrogen (secondary N) is 2. The van der Waals surface area contributed by atoms with Crippen molar-refractivity contribution in [2.24, 2.45) is 0 Å². The lowest BCUT2D eigenvalue weighted by molar-refractivity contribution is 0.0933. The average Bonchev–Trinajstić information content (AvgIpc) is 2.96. The highest BCUT2D eigenvalue weighted by Gasteiger charge is 2.20. The SMILES string of the molecule is Cc1nc(COc2ccc(Cl)cc2)sc1C(=O)NC1CCNCC1.Cl.Cl. The highest BCUT2D eigenvalue weighted by atomic mass is 35.5. The molecule has 1 saturated heterocycles. The third-order valence-corrected chi connectivity index (χ3v) is 5.28. The zero-order valence-corrected chi connectivity index (χ0v) is 17.5. The predicted octanol–water partition coefficient (Wildman–Crippen LogP) is 4.01. The summed E-state index contributed by atoms with van der Waals surface area (Å²) in [5.41, 5.74) is 0.751. The number of rotatable bonds is 5. The van der Waals surface area contributed by atoms with Gasteiger partial charge in [-0.05, 0) is 57.1 Å². The van der Waals surface area contributed by atoms with Gasteiger partial charge in [0.05, 0.1) is 5.69 Å². The molecule has 0 unspecified atom stereocenters. The number of aromatic nitrogens is 1. The molecule has 9 heteroatoms. The molecule has 0 saturated carbocycles. The van der Waals surface area contributed by atoms with Crippen LogP contribution in [0.4, 0.5) is 0 Å². The second kappa shape index (κ2) is 10.9. The van der Waals surface area contributed by atoms with E-state index in [1.54, 1.807) is 12.1 Å². The fraction of sp³-hybridized carbons (Fsp3) is 0.412. The molecule has 0 radical (unpaired) electrons. The highest BCUT2D eigenvalue weighted by Crippen LogP contribution is 2.22. The van der Waals surface area contributed by atoms with Crippen molar-refractivity contribution in [2.45, 2.75) is 32.4 Å². The summed E-state index contributed by atoms with van der Waals surface area (Å²) >= 11 is 7.24. The van der Waals surface area contributed by atoms with Gasteiger partial charge in [-0.25, -0.2) is 4.98 Å². The number of benzene rings is 1. The van der Waals surface area contributed by atoms with Gasteiger partial charge >= 0.3 is 0 Å². The van der Waals surface area contributed by atoms with Crippen LogP contribution in [0.15, 0.2) is 24.3 Å². The highest BCUT2D eigenvalue weighted by molar-refractivity contribution is 7.13. The van der Waals surface area contributed by atoms with Gasteiger partial charge < -0.3 is 15.4 Å². The minimum atomic E-state index is -0.0327. The molecule has 1 fully saturated rings. The van der Waals surface area contributed by atoms with Crippen molar-refractivity contribution in [1.29, 1.82) is 0 Å². The van der Waals surface area contributed by atoms with Crippen LogP contribution in [-0.4, -0.2) is 30.0 Å². The topological polar surface area (TPSA) is 63.2 Å². The number of nitrogens with zero attached hydrogens (tertiary/aromatic N) is 1. The van der Waals surface area contributed by atoms with Gasteiger partial charge in [0, 0.05) is 11.1 Å². The maximum atomic E-state index is 12.4. The molecule has 1 aromatic carbocycles. The van der Waals surface area contributed by atoms with Gasteiger partial charge in [-0.2, -0.15) is 0 Å². The summed E-state index contributed by atoms with van der Waals surface area (Å²) in [6.07, 6.45) is 1.94. The number of amides is 1. The molecule has 1 aliphatic rings. The second-order valence-corrected chi connectivity index (χ2v) is 7.28. The van der Waals surface area contributed by atoms with E-state index in [9.17, 15) is 4.79 Å². The van der Waals surface area contributed by atoms with Gasteiger partial charge in [-0.15, -0.1) is 36.2 Å². The number of hydrogen-bond donors (Lipinski definition) is 2. The molecule has 1 aromatic heterocycles. The summed E-state index contributed by atoms with van der Waals surface area (Å²) in [6, 6.07) is 7.43. The molecule has 2 N–H and O–H groups in total. The quantitative estimate of drug-likeness (QED) is 0.740. The van der Waals surface area contributed by atoms with Crippen molar-refractivity contribution in [1.82, 2.24) is 15.6 Å². The summed E-state index contributed by atoms with van der Waals surface area (Å²) < 4.78 is 5.69. The summed E-state index contributed by atoms with van der Waals surface area (Å²) in [6.45, 7) is 4.10. The smallest absolute Gasteiger partial charge is 0.263 e. The summed E-state index contributed by atoms with van der Waals surface area (Å²) in [5, 5.41) is 7.86. The van der Waals surface area contributed by atoms with E-state index in [-0.39, 0.29) is 36.8 Å². The number of aryl methyl sites for hydroxylation is 1. The maximum absolute atomic E-state index is 12.4. The molecule has 5 nitrogen and oxygen atoms in total. The number of hydrogen-bond acceptors (Lipinski definition) is 5. The lowest BCUT2D eigenvalue weighted by Gasteiger charge is -2.23. The van der Waals surface area contributed by atoms with E-state index in [0.29, 0.717) is 16.5 Å². The normalized spacial score (nSPS) is 14.1. The Kier molecular flexibility index (Phi) is 9.68. The molecule has 0 aliphatic carbocycles. The van der Waals surface area contributed by atoms with E-state index >= 15 is 0 Å². The van der Waals surface area contributed by atoms with Crippen molar-refractivity contribution in [3.05, 3.63) is 44.9 Å². The van der Waals surface area contributed by atoms with Gasteiger partial charge in [-0.3, -0.25) is 4.79 Å². The minimum absolute atomic E-state index is 0. The molecule has 26 heavy (non-hydrogen) atoms. The van der Waals surface area contributed by atoms with Crippen LogP contribution in [0.1, 0.15) is 33.2 Å². The summed E-state index contributed by atoms with van der Waals surface area (Å²) in [7, 11) is 0. The van der Waals surface area contributed by atoms with Crippen LogP contribution >= 0.6 is 47.8 Å². The fourth-order valence-corrected chi connectivity index (χ4v) is 3.62. The Morgan fingerprint density at radius 2 is 1.96 bits per heavy atom. The van der Waals surface area contributed by atoms with E-state index in [2.05, 4.69) is 15.6 Å². The van der Waals surface area contributed by atoms with Crippen LogP contribution in [0, 0.1) is 6.92 Å². The molecule has 0 spiro atoms. The van der Waals surface area contributed by atoms with Gasteiger partial charge in [0.1, 0.15) is 22.2 Å². The first-order chi connectivity index (χ1) is 11.6. The number of piperidine rings is 1. The summed E-state index contributed by atoms with van der Waals surface area (Å²) in [5.74, 6) is 0.697. The Labute approximate surface area is 174 Å². The Hall–Kier alpha value is -1.05. The largest absolute Gasteiger partial charge is 0.486 e. The lowest BCUT2D eigenvalue weighted by atomic mass is 10.1. The van der Waals surface area contributed by atoms with Gasteiger partial charge in [-0.1, -0.05) is 11.6 Å². The van der Waals surface area contributed by atoms with Crippen molar-refractivity contribution in [3.63, 3.8) is 0 Å². The Morgan fingerprint density at radius 1 is 1.31 bits per heavy atom. The van der Waals surface area contributed by atoms with Crippen molar-refractivity contribution in [2.75, 3.05) is 13.1 Å². The van der Waals surface area contributed by atoms with Crippen LogP contribution in [0.3, 0.4) is 0 Å². The van der Waals surface area contributed by atoms with E-state index in [1.807, 2.05) is 19.1 Å². The van der Waals surface area contributed by atoms with Crippen LogP contribution in [-0.2, 0) is 6.61 Å². The van der Waals surface area contributed by atoms with Crippen LogP contribution in [0.2, 0.25) is 5.02 Å². The van der Waals surface area contributed by atoms with Gasteiger partial charge in [0.25, 0.3) is 5.91 Å². The van der Waals surface area contributed by atoms with Gasteiger partial charge in [0.2, 0.25) is 0 Å². The first-order valence-corrected chi connectivity index (χ1v) is 9.17. The molecular formula is C17H22Cl3N3O2S. The lowest BCUT2D eigenvalue weighted by Crippen LogP contribution is -2.42. The van der Waals surface area contributed by atoms with Crippen LogP contribution in [0.5, 0.6) is 5.75 Å². The average molecular weight is 439 g/mol. The van der Waals surface area contributed by atoms with E-state index in [4.69, 9.17) is 16.3 Å². The Morgan fingerprint density at radius 3 is 2.62 bits per heavy atom. The first kappa shape index (κ1) is 23.0. The van der Waals surface area contributed by atoms with Crippen LogP contribution in [0.25, 0.3) is 0 Å². The third-order valence-electron chi connectivity index (χ3n) is 3.90. The minimum Gasteiger partial charge on any atom is -0.486 e. The second-order valence-electron chi connectivity index (χ2n) is 5.76. The van der Waals surface area contributed by atoms with Crippen molar-refractivity contribution in [3.8, 4) is 5.75 Å². The van der Waals surface area contributed by atoms with E-state index < -0.39 is 0 Å². The molecule has 1 aliphatic heterocycles. The molecule has 0 bridgehead atoms. The molecule has 144 valence electrons. The monoisotopic (exact) mass is 437 g/mol. The Balaban J connectivity index is 0.00000169. The van der Waals surface area contributed by atoms with Gasteiger partial charge in [0.15, 0.2) is 0 Å². The summed E-state index contributed by atoms with van der Waals surface area (Å²) in [4.78, 5) is 17.6. The van der Waals surface area contributed by atoms with Crippen LogP contribution < -0.4 is 15.4 Å². The first-order valence-electron chi connectivity index (χ1n) is 7.98. The zero-order valence-electron chi connectivity index (χ0n) is 14.3. The van der Waals surface area contributed by atoms with Crippen molar-refractivity contribution >= 4 is 53.7 Å².